The molecule has 2 fully saturated rings. The third-order valence-corrected chi connectivity index (χ3v) is 5.19. The summed E-state index contributed by atoms with van der Waals surface area (Å²) >= 11 is 0. The average Bonchev–Trinajstić information content (AvgIpc) is 2.62. The number of ether oxygens (including phenoxy) is 1. The Hall–Kier alpha value is -1.14. The monoisotopic (exact) mass is 340 g/mol. The van der Waals surface area contributed by atoms with Gasteiger partial charge in [0.15, 0.2) is 0 Å². The van der Waals surface area contributed by atoms with Crippen LogP contribution in [-0.2, 0) is 14.3 Å². The molecule has 0 bridgehead atoms. The van der Waals surface area contributed by atoms with Gasteiger partial charge in [0.25, 0.3) is 0 Å². The molecule has 0 aromatic rings. The summed E-state index contributed by atoms with van der Waals surface area (Å²) < 4.78 is 5.83. The van der Waals surface area contributed by atoms with Gasteiger partial charge in [-0.15, -0.1) is 0 Å². The highest BCUT2D eigenvalue weighted by Crippen LogP contribution is 2.24. The van der Waals surface area contributed by atoms with Gasteiger partial charge in [0.05, 0.1) is 25.2 Å². The molecule has 1 saturated heterocycles. The van der Waals surface area contributed by atoms with Crippen LogP contribution in [0.3, 0.4) is 0 Å². The Labute approximate surface area is 144 Å². The van der Waals surface area contributed by atoms with E-state index in [-0.39, 0.29) is 30.6 Å². The first-order chi connectivity index (χ1) is 11.6. The first-order valence-corrected chi connectivity index (χ1v) is 9.44. The van der Waals surface area contributed by atoms with Crippen molar-refractivity contribution in [3.63, 3.8) is 0 Å². The number of aliphatic hydroxyl groups excluding tert-OH is 1. The first-order valence-electron chi connectivity index (χ1n) is 9.44. The number of aliphatic hydroxyl groups is 1. The van der Waals surface area contributed by atoms with Gasteiger partial charge in [0, 0.05) is 13.0 Å². The molecule has 1 aliphatic heterocycles. The second-order valence-corrected chi connectivity index (χ2v) is 7.10. The van der Waals surface area contributed by atoms with Crippen molar-refractivity contribution in [3.05, 3.63) is 0 Å². The van der Waals surface area contributed by atoms with Crippen molar-refractivity contribution in [1.29, 1.82) is 0 Å². The van der Waals surface area contributed by atoms with Gasteiger partial charge in [0.2, 0.25) is 11.8 Å². The van der Waals surface area contributed by atoms with E-state index in [1.165, 1.54) is 32.1 Å². The van der Waals surface area contributed by atoms with Gasteiger partial charge in [-0.25, -0.2) is 0 Å². The molecule has 1 aliphatic carbocycles. The first kappa shape index (κ1) is 19.2. The quantitative estimate of drug-likeness (QED) is 0.655. The fraction of sp³-hybridized carbons (Fsp3) is 0.889. The molecule has 2 aliphatic rings. The molecule has 2 amide bonds. The fourth-order valence-electron chi connectivity index (χ4n) is 3.68. The van der Waals surface area contributed by atoms with Crippen molar-refractivity contribution in [3.8, 4) is 0 Å². The van der Waals surface area contributed by atoms with Crippen molar-refractivity contribution >= 4 is 11.8 Å². The zero-order valence-corrected chi connectivity index (χ0v) is 14.8. The molecule has 0 aromatic carbocycles. The van der Waals surface area contributed by atoms with Crippen LogP contribution in [0.4, 0.5) is 0 Å². The summed E-state index contributed by atoms with van der Waals surface area (Å²) in [6, 6.07) is -0.163. The Bertz CT molecular complexity index is 410. The van der Waals surface area contributed by atoms with E-state index in [1.807, 2.05) is 0 Å². The van der Waals surface area contributed by atoms with E-state index < -0.39 is 6.10 Å². The Morgan fingerprint density at radius 3 is 2.50 bits per heavy atom. The van der Waals surface area contributed by atoms with Gasteiger partial charge in [-0.1, -0.05) is 26.2 Å². The summed E-state index contributed by atoms with van der Waals surface area (Å²) in [6.45, 7) is 2.42. The number of carbonyl (C=O) groups excluding carboxylic acids is 2. The second kappa shape index (κ2) is 9.99. The predicted molar refractivity (Wildman–Crippen MR) is 91.4 cm³/mol. The predicted octanol–water partition coefficient (Wildman–Crippen LogP) is 1.51. The minimum Gasteiger partial charge on any atom is -0.394 e. The van der Waals surface area contributed by atoms with Gasteiger partial charge >= 0.3 is 0 Å². The van der Waals surface area contributed by atoms with Crippen LogP contribution < -0.4 is 10.6 Å². The van der Waals surface area contributed by atoms with E-state index in [9.17, 15) is 14.7 Å². The molecule has 3 N–H and O–H groups in total. The Morgan fingerprint density at radius 1 is 1.08 bits per heavy atom. The molecule has 0 unspecified atom stereocenters. The van der Waals surface area contributed by atoms with Crippen molar-refractivity contribution in [2.45, 2.75) is 83.0 Å². The van der Waals surface area contributed by atoms with E-state index >= 15 is 0 Å². The van der Waals surface area contributed by atoms with Crippen LogP contribution in [0.5, 0.6) is 0 Å². The van der Waals surface area contributed by atoms with Crippen LogP contribution in [0.2, 0.25) is 0 Å². The van der Waals surface area contributed by atoms with E-state index in [0.717, 1.165) is 19.4 Å². The molecule has 2 rings (SSSR count). The topological polar surface area (TPSA) is 87.7 Å². The molecule has 1 heterocycles. The lowest BCUT2D eigenvalue weighted by Gasteiger charge is -2.36. The maximum atomic E-state index is 12.1. The molecule has 0 radical (unpaired) electrons. The van der Waals surface area contributed by atoms with Crippen LogP contribution in [0.1, 0.15) is 64.7 Å². The van der Waals surface area contributed by atoms with Crippen molar-refractivity contribution in [2.24, 2.45) is 5.92 Å². The Balaban J connectivity index is 1.71. The molecule has 138 valence electrons. The summed E-state index contributed by atoms with van der Waals surface area (Å²) in [7, 11) is 0. The normalized spacial score (nSPS) is 28.3. The van der Waals surface area contributed by atoms with E-state index in [2.05, 4.69) is 10.6 Å². The lowest BCUT2D eigenvalue weighted by atomic mass is 9.89. The maximum Gasteiger partial charge on any atom is 0.222 e. The van der Waals surface area contributed by atoms with Crippen molar-refractivity contribution in [2.75, 3.05) is 13.2 Å². The minimum absolute atomic E-state index is 0.0262. The number of rotatable bonds is 7. The highest BCUT2D eigenvalue weighted by molar-refractivity contribution is 5.76. The zero-order valence-electron chi connectivity index (χ0n) is 14.8. The summed E-state index contributed by atoms with van der Waals surface area (Å²) in [5, 5.41) is 15.4. The molecular weight excluding hydrogens is 308 g/mol. The molecule has 3 atom stereocenters. The third-order valence-electron chi connectivity index (χ3n) is 5.19. The zero-order chi connectivity index (χ0) is 17.4. The molecule has 6 nitrogen and oxygen atoms in total. The van der Waals surface area contributed by atoms with Gasteiger partial charge in [-0.05, 0) is 31.6 Å². The van der Waals surface area contributed by atoms with Crippen LogP contribution in [0.15, 0.2) is 0 Å². The Morgan fingerprint density at radius 2 is 1.83 bits per heavy atom. The molecule has 0 aromatic heterocycles. The lowest BCUT2D eigenvalue weighted by molar-refractivity contribution is -0.135. The summed E-state index contributed by atoms with van der Waals surface area (Å²) in [6.07, 6.45) is 7.90. The van der Waals surface area contributed by atoms with Crippen molar-refractivity contribution < 1.29 is 19.4 Å². The van der Waals surface area contributed by atoms with Gasteiger partial charge < -0.3 is 20.5 Å². The van der Waals surface area contributed by atoms with E-state index in [0.29, 0.717) is 18.8 Å². The fourth-order valence-corrected chi connectivity index (χ4v) is 3.68. The average molecular weight is 340 g/mol. The molecular formula is C18H32N2O4. The van der Waals surface area contributed by atoms with Crippen LogP contribution in [0.25, 0.3) is 0 Å². The molecule has 0 spiro atoms. The number of carbonyl (C=O) groups is 2. The SMILES string of the molecule is CCC(=O)N[C@H]1CC[C@@H](CC(=O)NCC2CCCCC2)O[C@@H]1CO. The van der Waals surface area contributed by atoms with Crippen LogP contribution in [-0.4, -0.2) is 48.3 Å². The molecule has 6 heteroatoms. The highest BCUT2D eigenvalue weighted by atomic mass is 16.5. The summed E-state index contributed by atoms with van der Waals surface area (Å²) in [4.78, 5) is 23.7. The largest absolute Gasteiger partial charge is 0.394 e. The van der Waals surface area contributed by atoms with Gasteiger partial charge in [0.1, 0.15) is 6.10 Å². The highest BCUT2D eigenvalue weighted by Gasteiger charge is 2.32. The van der Waals surface area contributed by atoms with E-state index in [1.54, 1.807) is 6.92 Å². The van der Waals surface area contributed by atoms with Crippen molar-refractivity contribution in [1.82, 2.24) is 10.6 Å². The Kier molecular flexibility index (Phi) is 7.99. The van der Waals surface area contributed by atoms with E-state index in [4.69, 9.17) is 4.74 Å². The number of nitrogens with one attached hydrogen (secondary N) is 2. The van der Waals surface area contributed by atoms with Gasteiger partial charge in [-0.2, -0.15) is 0 Å². The standard InChI is InChI=1S/C18H32N2O4/c1-2-17(22)20-15-9-8-14(24-16(15)12-21)10-18(23)19-11-13-6-4-3-5-7-13/h13-16,21H,2-12H2,1H3,(H,19,23)(H,20,22)/t14-,15-,16+/m0/s1. The number of hydrogen-bond donors (Lipinski definition) is 3. The minimum atomic E-state index is -0.426. The molecule has 1 saturated carbocycles. The summed E-state index contributed by atoms with van der Waals surface area (Å²) in [5.41, 5.74) is 0. The third kappa shape index (κ3) is 6.06. The maximum absolute atomic E-state index is 12.1. The lowest BCUT2D eigenvalue weighted by Crippen LogP contribution is -2.51. The number of hydrogen-bond acceptors (Lipinski definition) is 4. The summed E-state index contributed by atoms with van der Waals surface area (Å²) in [5.74, 6) is 0.609. The molecule has 24 heavy (non-hydrogen) atoms. The smallest absolute Gasteiger partial charge is 0.222 e. The number of amides is 2. The van der Waals surface area contributed by atoms with Crippen LogP contribution >= 0.6 is 0 Å². The second-order valence-electron chi connectivity index (χ2n) is 7.10. The van der Waals surface area contributed by atoms with Gasteiger partial charge in [-0.3, -0.25) is 9.59 Å². The van der Waals surface area contributed by atoms with Crippen LogP contribution in [0, 0.1) is 5.92 Å².